The van der Waals surface area contributed by atoms with Crippen molar-refractivity contribution in [2.45, 2.75) is 46.5 Å². The smallest absolute Gasteiger partial charge is 0.226 e. The van der Waals surface area contributed by atoms with Crippen LogP contribution in [0.4, 0.5) is 5.13 Å². The van der Waals surface area contributed by atoms with Gasteiger partial charge in [-0.2, -0.15) is 0 Å². The molecule has 0 aliphatic heterocycles. The van der Waals surface area contributed by atoms with E-state index in [4.69, 9.17) is 0 Å². The number of nitrogens with zero attached hydrogens (tertiary/aromatic N) is 1. The van der Waals surface area contributed by atoms with Crippen molar-refractivity contribution >= 4 is 32.6 Å². The minimum Gasteiger partial charge on any atom is -0.302 e. The van der Waals surface area contributed by atoms with E-state index in [-0.39, 0.29) is 5.91 Å². The molecule has 1 amide bonds. The van der Waals surface area contributed by atoms with Crippen molar-refractivity contribution in [3.05, 3.63) is 23.8 Å². The van der Waals surface area contributed by atoms with Gasteiger partial charge >= 0.3 is 0 Å². The Bertz CT molecular complexity index is 589. The van der Waals surface area contributed by atoms with Crippen LogP contribution in [0.1, 0.15) is 45.6 Å². The van der Waals surface area contributed by atoms with Crippen LogP contribution < -0.4 is 5.32 Å². The van der Waals surface area contributed by atoms with Gasteiger partial charge in [0.1, 0.15) is 0 Å². The normalized spacial score (nSPS) is 11.2. The minimum atomic E-state index is 0.0465. The number of fused-ring (bicyclic) bond motifs is 1. The van der Waals surface area contributed by atoms with E-state index in [1.807, 2.05) is 13.8 Å². The summed E-state index contributed by atoms with van der Waals surface area (Å²) in [7, 11) is 0. The molecule has 0 radical (unpaired) electrons. The second-order valence-corrected chi connectivity index (χ2v) is 6.60. The lowest BCUT2D eigenvalue weighted by molar-refractivity contribution is -0.116. The lowest BCUT2D eigenvalue weighted by Gasteiger charge is -2.03. The molecule has 4 heteroatoms. The summed E-state index contributed by atoms with van der Waals surface area (Å²) in [6.45, 7) is 6.28. The fraction of sp³-hybridized carbons (Fsp3) is 0.500. The van der Waals surface area contributed by atoms with Gasteiger partial charge in [-0.1, -0.05) is 44.6 Å². The van der Waals surface area contributed by atoms with E-state index in [1.54, 1.807) is 11.3 Å². The number of hydrogen-bond acceptors (Lipinski definition) is 3. The summed E-state index contributed by atoms with van der Waals surface area (Å²) < 4.78 is 1.15. The lowest BCUT2D eigenvalue weighted by Crippen LogP contribution is -2.13. The second-order valence-electron chi connectivity index (χ2n) is 5.57. The topological polar surface area (TPSA) is 42.0 Å². The molecule has 2 rings (SSSR count). The predicted molar refractivity (Wildman–Crippen MR) is 86.3 cm³/mol. The molecule has 0 saturated carbocycles. The van der Waals surface area contributed by atoms with Crippen molar-refractivity contribution in [1.29, 1.82) is 0 Å². The largest absolute Gasteiger partial charge is 0.302 e. The molecule has 2 aromatic rings. The van der Waals surface area contributed by atoms with Crippen LogP contribution in [0.15, 0.2) is 18.2 Å². The number of carbonyl (C=O) groups is 1. The molecule has 1 aromatic carbocycles. The Morgan fingerprint density at radius 2 is 2.20 bits per heavy atom. The Kier molecular flexibility index (Phi) is 5.12. The van der Waals surface area contributed by atoms with E-state index in [2.05, 4.69) is 35.4 Å². The Morgan fingerprint density at radius 1 is 1.40 bits per heavy atom. The van der Waals surface area contributed by atoms with E-state index in [0.717, 1.165) is 16.6 Å². The van der Waals surface area contributed by atoms with E-state index >= 15 is 0 Å². The van der Waals surface area contributed by atoms with Crippen LogP contribution in [-0.4, -0.2) is 10.9 Å². The molecule has 108 valence electrons. The molecule has 0 fully saturated rings. The van der Waals surface area contributed by atoms with Crippen LogP contribution in [0.2, 0.25) is 0 Å². The molecule has 0 aliphatic rings. The van der Waals surface area contributed by atoms with Gasteiger partial charge in [0.2, 0.25) is 5.91 Å². The van der Waals surface area contributed by atoms with Crippen molar-refractivity contribution in [3.63, 3.8) is 0 Å². The predicted octanol–water partition coefficient (Wildman–Crippen LogP) is 4.62. The molecule has 1 N–H and O–H groups in total. The fourth-order valence-electron chi connectivity index (χ4n) is 2.10. The standard InChI is InChI=1S/C16H22N2OS/c1-4-5-6-12-7-8-13-14(10-12)20-16(17-13)18-15(19)9-11(2)3/h7-8,10-11H,4-6,9H2,1-3H3,(H,17,18,19). The third kappa shape index (κ3) is 4.04. The first-order valence-corrected chi connectivity index (χ1v) is 8.09. The maximum absolute atomic E-state index is 11.8. The van der Waals surface area contributed by atoms with Crippen molar-refractivity contribution in [3.8, 4) is 0 Å². The number of carbonyl (C=O) groups excluding carboxylic acids is 1. The first kappa shape index (κ1) is 15.0. The number of thiazole rings is 1. The molecule has 0 bridgehead atoms. The number of aromatic nitrogens is 1. The van der Waals surface area contributed by atoms with Crippen LogP contribution in [0.3, 0.4) is 0 Å². The monoisotopic (exact) mass is 290 g/mol. The van der Waals surface area contributed by atoms with Crippen LogP contribution in [0, 0.1) is 5.92 Å². The van der Waals surface area contributed by atoms with Gasteiger partial charge in [0.05, 0.1) is 10.2 Å². The molecular weight excluding hydrogens is 268 g/mol. The summed E-state index contributed by atoms with van der Waals surface area (Å²) in [5.74, 6) is 0.412. The maximum Gasteiger partial charge on any atom is 0.226 e. The summed E-state index contributed by atoms with van der Waals surface area (Å²) >= 11 is 1.56. The van der Waals surface area contributed by atoms with Crippen molar-refractivity contribution in [1.82, 2.24) is 4.98 Å². The van der Waals surface area contributed by atoms with Crippen LogP contribution >= 0.6 is 11.3 Å². The summed E-state index contributed by atoms with van der Waals surface area (Å²) in [6, 6.07) is 6.38. The number of rotatable bonds is 6. The number of unbranched alkanes of at least 4 members (excludes halogenated alkanes) is 1. The fourth-order valence-corrected chi connectivity index (χ4v) is 3.05. The Labute approximate surface area is 124 Å². The maximum atomic E-state index is 11.8. The van der Waals surface area contributed by atoms with E-state index in [9.17, 15) is 4.79 Å². The average Bonchev–Trinajstić information content (AvgIpc) is 2.76. The van der Waals surface area contributed by atoms with Gasteiger partial charge in [-0.15, -0.1) is 0 Å². The lowest BCUT2D eigenvalue weighted by atomic mass is 10.1. The molecule has 20 heavy (non-hydrogen) atoms. The molecule has 0 saturated heterocycles. The second kappa shape index (κ2) is 6.84. The van der Waals surface area contributed by atoms with Crippen molar-refractivity contribution in [2.75, 3.05) is 5.32 Å². The molecule has 0 unspecified atom stereocenters. The van der Waals surface area contributed by atoms with Gasteiger partial charge in [-0.3, -0.25) is 4.79 Å². The Hall–Kier alpha value is -1.42. The summed E-state index contributed by atoms with van der Waals surface area (Å²) in [5, 5.41) is 3.60. The Morgan fingerprint density at radius 3 is 2.90 bits per heavy atom. The van der Waals surface area contributed by atoms with E-state index < -0.39 is 0 Å². The summed E-state index contributed by atoms with van der Waals surface area (Å²) in [5.41, 5.74) is 2.32. The SMILES string of the molecule is CCCCc1ccc2nc(NC(=O)CC(C)C)sc2c1. The van der Waals surface area contributed by atoms with E-state index in [0.29, 0.717) is 17.5 Å². The molecule has 1 heterocycles. The van der Waals surface area contributed by atoms with Crippen LogP contribution in [0.5, 0.6) is 0 Å². The zero-order valence-electron chi connectivity index (χ0n) is 12.4. The molecule has 0 atom stereocenters. The molecule has 0 spiro atoms. The summed E-state index contributed by atoms with van der Waals surface area (Å²) in [6.07, 6.45) is 4.07. The van der Waals surface area contributed by atoms with Crippen LogP contribution in [-0.2, 0) is 11.2 Å². The van der Waals surface area contributed by atoms with Gasteiger partial charge < -0.3 is 5.32 Å². The summed E-state index contributed by atoms with van der Waals surface area (Å²) in [4.78, 5) is 16.2. The molecular formula is C16H22N2OS. The van der Waals surface area contributed by atoms with Gasteiger partial charge in [0, 0.05) is 6.42 Å². The third-order valence-corrected chi connectivity index (χ3v) is 4.05. The average molecular weight is 290 g/mol. The highest BCUT2D eigenvalue weighted by atomic mass is 32.1. The minimum absolute atomic E-state index is 0.0465. The van der Waals surface area contributed by atoms with Crippen molar-refractivity contribution in [2.24, 2.45) is 5.92 Å². The number of amides is 1. The zero-order valence-corrected chi connectivity index (χ0v) is 13.2. The number of aryl methyl sites for hydroxylation is 1. The van der Waals surface area contributed by atoms with Gasteiger partial charge in [-0.25, -0.2) is 4.98 Å². The highest BCUT2D eigenvalue weighted by Gasteiger charge is 2.09. The number of hydrogen-bond donors (Lipinski definition) is 1. The number of benzene rings is 1. The molecule has 0 aliphatic carbocycles. The highest BCUT2D eigenvalue weighted by molar-refractivity contribution is 7.22. The third-order valence-electron chi connectivity index (χ3n) is 3.11. The van der Waals surface area contributed by atoms with Crippen LogP contribution in [0.25, 0.3) is 10.2 Å². The Balaban J connectivity index is 2.10. The van der Waals surface area contributed by atoms with Crippen molar-refractivity contribution < 1.29 is 4.79 Å². The molecule has 3 nitrogen and oxygen atoms in total. The zero-order chi connectivity index (χ0) is 14.5. The first-order valence-electron chi connectivity index (χ1n) is 7.27. The van der Waals surface area contributed by atoms with E-state index in [1.165, 1.54) is 18.4 Å². The number of anilines is 1. The first-order chi connectivity index (χ1) is 9.58. The highest BCUT2D eigenvalue weighted by Crippen LogP contribution is 2.27. The quantitative estimate of drug-likeness (QED) is 0.843. The van der Waals surface area contributed by atoms with Gasteiger partial charge in [0.25, 0.3) is 0 Å². The number of nitrogens with one attached hydrogen (secondary N) is 1. The molecule has 1 aromatic heterocycles. The van der Waals surface area contributed by atoms with Gasteiger partial charge in [-0.05, 0) is 36.5 Å². The van der Waals surface area contributed by atoms with Gasteiger partial charge in [0.15, 0.2) is 5.13 Å².